The van der Waals surface area contributed by atoms with Gasteiger partial charge in [-0.05, 0) is 42.0 Å². The van der Waals surface area contributed by atoms with Gasteiger partial charge in [-0.1, -0.05) is 59.3 Å². The summed E-state index contributed by atoms with van der Waals surface area (Å²) in [5.41, 5.74) is 2.06. The van der Waals surface area contributed by atoms with Crippen LogP contribution in [0.25, 0.3) is 21.2 Å². The summed E-state index contributed by atoms with van der Waals surface area (Å²) >= 11 is 7.50. The molecule has 6 rings (SSSR count). The van der Waals surface area contributed by atoms with E-state index in [1.165, 1.54) is 11.3 Å². The highest BCUT2D eigenvalue weighted by atomic mass is 35.5. The lowest BCUT2D eigenvalue weighted by Crippen LogP contribution is -2.29. The average molecular weight is 445 g/mol. The Balaban J connectivity index is 1.65. The largest absolute Gasteiger partial charge is 0.450 e. The van der Waals surface area contributed by atoms with E-state index in [0.717, 1.165) is 15.8 Å². The average Bonchev–Trinajstić information content (AvgIpc) is 3.33. The molecule has 150 valence electrons. The van der Waals surface area contributed by atoms with Gasteiger partial charge in [-0.25, -0.2) is 4.98 Å². The molecule has 5 aromatic rings. The van der Waals surface area contributed by atoms with Crippen molar-refractivity contribution in [2.75, 3.05) is 4.90 Å². The molecule has 1 aliphatic rings. The minimum atomic E-state index is -0.652. The van der Waals surface area contributed by atoms with Crippen molar-refractivity contribution in [2.24, 2.45) is 0 Å². The molecule has 0 spiro atoms. The maximum atomic E-state index is 13.6. The van der Waals surface area contributed by atoms with Gasteiger partial charge in [0.25, 0.3) is 5.91 Å². The summed E-state index contributed by atoms with van der Waals surface area (Å²) in [6.45, 7) is 0. The molecule has 1 atom stereocenters. The van der Waals surface area contributed by atoms with Crippen LogP contribution in [0.15, 0.2) is 82.0 Å². The van der Waals surface area contributed by atoms with Crippen molar-refractivity contribution in [1.29, 1.82) is 0 Å². The number of amides is 1. The second-order valence-electron chi connectivity index (χ2n) is 7.26. The first kappa shape index (κ1) is 18.3. The minimum absolute atomic E-state index is 0.0582. The number of halogens is 1. The highest BCUT2D eigenvalue weighted by molar-refractivity contribution is 7.22. The molecular formula is C24H13ClN2O3S. The van der Waals surface area contributed by atoms with E-state index in [1.54, 1.807) is 41.3 Å². The third-order valence-corrected chi connectivity index (χ3v) is 6.74. The molecule has 7 heteroatoms. The molecule has 1 aliphatic heterocycles. The molecule has 31 heavy (non-hydrogen) atoms. The number of fused-ring (bicyclic) bond motifs is 3. The zero-order valence-corrected chi connectivity index (χ0v) is 17.5. The van der Waals surface area contributed by atoms with Crippen molar-refractivity contribution in [1.82, 2.24) is 4.98 Å². The normalized spacial score (nSPS) is 15.7. The number of thiazole rings is 1. The quantitative estimate of drug-likeness (QED) is 0.345. The van der Waals surface area contributed by atoms with Gasteiger partial charge in [-0.15, -0.1) is 0 Å². The Morgan fingerprint density at radius 3 is 2.48 bits per heavy atom. The monoisotopic (exact) mass is 444 g/mol. The van der Waals surface area contributed by atoms with Gasteiger partial charge < -0.3 is 4.42 Å². The number of benzene rings is 3. The maximum absolute atomic E-state index is 13.6. The lowest BCUT2D eigenvalue weighted by atomic mass is 9.99. The predicted molar refractivity (Wildman–Crippen MR) is 122 cm³/mol. The van der Waals surface area contributed by atoms with Crippen LogP contribution in [-0.2, 0) is 0 Å². The molecule has 2 aromatic heterocycles. The van der Waals surface area contributed by atoms with Crippen LogP contribution in [-0.4, -0.2) is 10.9 Å². The molecule has 0 aliphatic carbocycles. The highest BCUT2D eigenvalue weighted by Crippen LogP contribution is 2.43. The van der Waals surface area contributed by atoms with Crippen LogP contribution in [0.1, 0.15) is 27.7 Å². The van der Waals surface area contributed by atoms with E-state index in [1.807, 2.05) is 36.4 Å². The van der Waals surface area contributed by atoms with E-state index >= 15 is 0 Å². The summed E-state index contributed by atoms with van der Waals surface area (Å²) in [5, 5.41) is 1.53. The van der Waals surface area contributed by atoms with Gasteiger partial charge in [0.05, 0.1) is 27.2 Å². The molecule has 0 N–H and O–H groups in total. The topological polar surface area (TPSA) is 63.4 Å². The Morgan fingerprint density at radius 2 is 1.68 bits per heavy atom. The number of para-hydroxylation sites is 2. The van der Waals surface area contributed by atoms with Gasteiger partial charge in [0.1, 0.15) is 5.58 Å². The standard InChI is InChI=1S/C24H13ClN2O3S/c25-14-11-9-13(10-12-14)20-19-21(28)15-5-1-3-7-17(15)30-22(19)23(29)27(20)24-26-16-6-2-4-8-18(16)31-24/h1-12,20H/t20-/m0/s1. The van der Waals surface area contributed by atoms with Crippen LogP contribution in [0.4, 0.5) is 5.13 Å². The van der Waals surface area contributed by atoms with Gasteiger partial charge in [-0.3, -0.25) is 14.5 Å². The molecule has 0 fully saturated rings. The number of hydrogen-bond acceptors (Lipinski definition) is 5. The third-order valence-electron chi connectivity index (χ3n) is 5.45. The first-order valence-electron chi connectivity index (χ1n) is 9.62. The van der Waals surface area contributed by atoms with E-state index in [2.05, 4.69) is 4.98 Å². The van der Waals surface area contributed by atoms with Crippen LogP contribution in [0.5, 0.6) is 0 Å². The fourth-order valence-electron chi connectivity index (χ4n) is 4.04. The molecule has 0 radical (unpaired) electrons. The van der Waals surface area contributed by atoms with Crippen molar-refractivity contribution in [3.8, 4) is 0 Å². The highest BCUT2D eigenvalue weighted by Gasteiger charge is 2.44. The van der Waals surface area contributed by atoms with Crippen LogP contribution in [0.2, 0.25) is 5.02 Å². The van der Waals surface area contributed by atoms with Crippen molar-refractivity contribution >= 4 is 55.2 Å². The molecule has 0 saturated heterocycles. The summed E-state index contributed by atoms with van der Waals surface area (Å²) in [6.07, 6.45) is 0. The van der Waals surface area contributed by atoms with E-state index in [0.29, 0.717) is 26.7 Å². The van der Waals surface area contributed by atoms with Gasteiger partial charge >= 0.3 is 0 Å². The summed E-state index contributed by atoms with van der Waals surface area (Å²) in [6, 6.07) is 21.2. The minimum Gasteiger partial charge on any atom is -0.450 e. The van der Waals surface area contributed by atoms with Gasteiger partial charge in [0, 0.05) is 5.02 Å². The van der Waals surface area contributed by atoms with E-state index in [9.17, 15) is 9.59 Å². The molecule has 3 heterocycles. The fourth-order valence-corrected chi connectivity index (χ4v) is 5.16. The number of nitrogens with zero attached hydrogens (tertiary/aromatic N) is 2. The molecule has 5 nitrogen and oxygen atoms in total. The summed E-state index contributed by atoms with van der Waals surface area (Å²) < 4.78 is 6.92. The van der Waals surface area contributed by atoms with Gasteiger partial charge in [0.15, 0.2) is 10.6 Å². The number of rotatable bonds is 2. The number of anilines is 1. The van der Waals surface area contributed by atoms with Crippen molar-refractivity contribution in [2.45, 2.75) is 6.04 Å². The summed E-state index contributed by atoms with van der Waals surface area (Å²) in [7, 11) is 0. The lowest BCUT2D eigenvalue weighted by Gasteiger charge is -2.22. The maximum Gasteiger partial charge on any atom is 0.297 e. The third kappa shape index (κ3) is 2.72. The lowest BCUT2D eigenvalue weighted by molar-refractivity contribution is 0.0971. The SMILES string of the molecule is O=C1c2oc3ccccc3c(=O)c2[C@H](c2ccc(Cl)cc2)N1c1nc2ccccc2s1. The van der Waals surface area contributed by atoms with E-state index in [4.69, 9.17) is 16.0 Å². The first-order chi connectivity index (χ1) is 15.1. The number of carbonyl (C=O) groups is 1. The Kier molecular flexibility index (Phi) is 4.00. The second-order valence-corrected chi connectivity index (χ2v) is 8.71. The van der Waals surface area contributed by atoms with E-state index in [-0.39, 0.29) is 17.1 Å². The molecular weight excluding hydrogens is 432 g/mol. The van der Waals surface area contributed by atoms with Crippen LogP contribution in [0, 0.1) is 0 Å². The zero-order chi connectivity index (χ0) is 21.1. The van der Waals surface area contributed by atoms with Crippen LogP contribution < -0.4 is 10.3 Å². The first-order valence-corrected chi connectivity index (χ1v) is 10.8. The zero-order valence-electron chi connectivity index (χ0n) is 15.9. The Hall–Kier alpha value is -3.48. The van der Waals surface area contributed by atoms with Crippen molar-refractivity contribution < 1.29 is 9.21 Å². The van der Waals surface area contributed by atoms with E-state index < -0.39 is 6.04 Å². The summed E-state index contributed by atoms with van der Waals surface area (Å²) in [4.78, 5) is 33.3. The molecule has 0 unspecified atom stereocenters. The number of carbonyl (C=O) groups excluding carboxylic acids is 1. The summed E-state index contributed by atoms with van der Waals surface area (Å²) in [5.74, 6) is -0.320. The second kappa shape index (κ2) is 6.77. The van der Waals surface area contributed by atoms with Gasteiger partial charge in [0.2, 0.25) is 5.76 Å². The number of aromatic nitrogens is 1. The fraction of sp³-hybridized carbons (Fsp3) is 0.0417. The number of hydrogen-bond donors (Lipinski definition) is 0. The smallest absolute Gasteiger partial charge is 0.297 e. The Labute approximate surface area is 185 Å². The van der Waals surface area contributed by atoms with Crippen LogP contribution in [0.3, 0.4) is 0 Å². The van der Waals surface area contributed by atoms with Gasteiger partial charge in [-0.2, -0.15) is 0 Å². The molecule has 3 aromatic carbocycles. The Morgan fingerprint density at radius 1 is 0.935 bits per heavy atom. The molecule has 1 amide bonds. The molecule has 0 saturated carbocycles. The van der Waals surface area contributed by atoms with Crippen molar-refractivity contribution in [3.63, 3.8) is 0 Å². The van der Waals surface area contributed by atoms with Crippen molar-refractivity contribution in [3.05, 3.63) is 105 Å². The predicted octanol–water partition coefficient (Wildman–Crippen LogP) is 5.81. The Bertz CT molecular complexity index is 1520. The van der Waals surface area contributed by atoms with Crippen LogP contribution >= 0.6 is 22.9 Å². The molecule has 0 bridgehead atoms.